The van der Waals surface area contributed by atoms with Crippen molar-refractivity contribution in [1.82, 2.24) is 15.0 Å². The maximum absolute atomic E-state index is 13.5. The molecule has 0 radical (unpaired) electrons. The number of alkyl halides is 6. The molecule has 2 heterocycles. The number of carbonyl (C=O) groups excluding carboxylic acids is 1. The van der Waals surface area contributed by atoms with Crippen LogP contribution in [0, 0.1) is 0 Å². The number of halogens is 6. The van der Waals surface area contributed by atoms with Crippen LogP contribution in [0.2, 0.25) is 0 Å². The fourth-order valence-corrected chi connectivity index (χ4v) is 3.46. The van der Waals surface area contributed by atoms with Crippen molar-refractivity contribution in [3.8, 4) is 11.3 Å². The first-order chi connectivity index (χ1) is 16.6. The van der Waals surface area contributed by atoms with Gasteiger partial charge in [-0.05, 0) is 48.5 Å². The molecule has 0 aliphatic rings. The van der Waals surface area contributed by atoms with E-state index in [1.165, 1.54) is 42.6 Å². The highest BCUT2D eigenvalue weighted by atomic mass is 19.4. The molecule has 1 N–H and O–H groups in total. The number of benzene rings is 2. The molecule has 5 nitrogen and oxygen atoms in total. The third-order valence-corrected chi connectivity index (χ3v) is 5.09. The van der Waals surface area contributed by atoms with Gasteiger partial charge in [-0.15, -0.1) is 0 Å². The summed E-state index contributed by atoms with van der Waals surface area (Å²) < 4.78 is 79.0. The van der Waals surface area contributed by atoms with E-state index in [-0.39, 0.29) is 41.3 Å². The van der Waals surface area contributed by atoms with Crippen molar-refractivity contribution in [3.05, 3.63) is 77.7 Å². The highest BCUT2D eigenvalue weighted by Crippen LogP contribution is 2.37. The Morgan fingerprint density at radius 3 is 2.29 bits per heavy atom. The number of fused-ring (bicyclic) bond motifs is 1. The topological polar surface area (TPSA) is 67.8 Å². The monoisotopic (exact) mass is 490 g/mol. The summed E-state index contributed by atoms with van der Waals surface area (Å²) in [5, 5.41) is 3.36. The Balaban J connectivity index is 1.79. The summed E-state index contributed by atoms with van der Waals surface area (Å²) in [5.41, 5.74) is -1.22. The number of hydrogen-bond donors (Lipinski definition) is 1. The molecule has 0 aliphatic heterocycles. The number of aldehydes is 1. The third kappa shape index (κ3) is 5.39. The molecule has 0 atom stereocenters. The van der Waals surface area contributed by atoms with Gasteiger partial charge >= 0.3 is 12.4 Å². The molecule has 35 heavy (non-hydrogen) atoms. The lowest BCUT2D eigenvalue weighted by Gasteiger charge is -2.14. The van der Waals surface area contributed by atoms with E-state index >= 15 is 0 Å². The molecular weight excluding hydrogens is 474 g/mol. The number of hydrogen-bond acceptors (Lipinski definition) is 5. The van der Waals surface area contributed by atoms with Gasteiger partial charge < -0.3 is 10.1 Å². The average Bonchev–Trinajstić information content (AvgIpc) is 2.81. The van der Waals surface area contributed by atoms with Gasteiger partial charge in [0.2, 0.25) is 0 Å². The number of pyridine rings is 1. The molecule has 0 bridgehead atoms. The third-order valence-electron chi connectivity index (χ3n) is 5.09. The van der Waals surface area contributed by atoms with Gasteiger partial charge in [0.15, 0.2) is 0 Å². The summed E-state index contributed by atoms with van der Waals surface area (Å²) in [5.74, 6) is 0.479. The molecule has 0 saturated heterocycles. The summed E-state index contributed by atoms with van der Waals surface area (Å²) in [4.78, 5) is 23.5. The highest BCUT2D eigenvalue weighted by molar-refractivity contribution is 5.93. The lowest BCUT2D eigenvalue weighted by molar-refractivity contribution is -0.138. The minimum atomic E-state index is -4.62. The van der Waals surface area contributed by atoms with Crippen molar-refractivity contribution in [2.45, 2.75) is 25.2 Å². The Hall–Kier alpha value is -4.02. The van der Waals surface area contributed by atoms with Gasteiger partial charge in [-0.1, -0.05) is 6.07 Å². The number of aromatic nitrogens is 3. The van der Waals surface area contributed by atoms with Crippen LogP contribution in [0.5, 0.6) is 0 Å². The van der Waals surface area contributed by atoms with Crippen LogP contribution in [-0.4, -0.2) is 21.2 Å². The first-order valence-corrected chi connectivity index (χ1v) is 10.3. The molecule has 11 heteroatoms. The van der Waals surface area contributed by atoms with Gasteiger partial charge in [0.25, 0.3) is 0 Å². The van der Waals surface area contributed by atoms with E-state index in [2.05, 4.69) is 20.3 Å². The van der Waals surface area contributed by atoms with Crippen LogP contribution < -0.4 is 5.32 Å². The zero-order valence-electron chi connectivity index (χ0n) is 17.8. The summed E-state index contributed by atoms with van der Waals surface area (Å²) in [6.45, 7) is 0. The molecule has 4 rings (SSSR count). The molecule has 0 unspecified atom stereocenters. The smallest absolute Gasteiger partial charge is 0.340 e. The Labute approximate surface area is 194 Å². The van der Waals surface area contributed by atoms with Crippen LogP contribution in [0.4, 0.5) is 37.8 Å². The minimum Gasteiger partial charge on any atom is -0.340 e. The predicted octanol–water partition coefficient (Wildman–Crippen LogP) is 6.60. The standard InChI is InChI=1S/C24H16F6N4O/c25-23(26,27)15-6-8-16(9-7-15)32-22-17-10-5-14(13-19(17)33-20(34-22)4-2-12-35)21-18(24(28,29)30)3-1-11-31-21/h1,3,5-13H,2,4H2,(H,32,33,34). The number of aryl methyl sites for hydroxylation is 1. The van der Waals surface area contributed by atoms with E-state index in [1.807, 2.05) is 0 Å². The molecule has 4 aromatic rings. The molecule has 0 fully saturated rings. The van der Waals surface area contributed by atoms with Gasteiger partial charge in [-0.3, -0.25) is 4.98 Å². The Morgan fingerprint density at radius 1 is 0.886 bits per heavy atom. The zero-order valence-corrected chi connectivity index (χ0v) is 17.8. The molecule has 2 aromatic carbocycles. The Kier molecular flexibility index (Phi) is 6.42. The van der Waals surface area contributed by atoms with Gasteiger partial charge in [0, 0.05) is 35.7 Å². The van der Waals surface area contributed by atoms with Crippen molar-refractivity contribution in [1.29, 1.82) is 0 Å². The quantitative estimate of drug-likeness (QED) is 0.244. The Bertz CT molecular complexity index is 1370. The number of carbonyl (C=O) groups is 1. The maximum atomic E-state index is 13.5. The second-order valence-corrected chi connectivity index (χ2v) is 7.52. The van der Waals surface area contributed by atoms with Crippen molar-refractivity contribution >= 4 is 28.7 Å². The SMILES string of the molecule is O=CCCc1nc(Nc2ccc(C(F)(F)F)cc2)c2ccc(-c3ncccc3C(F)(F)F)cc2n1. The second kappa shape index (κ2) is 9.32. The highest BCUT2D eigenvalue weighted by Gasteiger charge is 2.34. The first-order valence-electron chi connectivity index (χ1n) is 10.3. The van der Waals surface area contributed by atoms with Crippen molar-refractivity contribution < 1.29 is 31.1 Å². The second-order valence-electron chi connectivity index (χ2n) is 7.52. The molecule has 0 aliphatic carbocycles. The van der Waals surface area contributed by atoms with Crippen LogP contribution in [0.3, 0.4) is 0 Å². The lowest BCUT2D eigenvalue weighted by atomic mass is 10.0. The fraction of sp³-hybridized carbons (Fsp3) is 0.167. The van der Waals surface area contributed by atoms with E-state index < -0.39 is 23.5 Å². The van der Waals surface area contributed by atoms with E-state index in [0.717, 1.165) is 18.2 Å². The normalized spacial score (nSPS) is 12.1. The average molecular weight is 490 g/mol. The van der Waals surface area contributed by atoms with Crippen LogP contribution in [-0.2, 0) is 23.6 Å². The molecule has 0 spiro atoms. The minimum absolute atomic E-state index is 0.114. The molecule has 180 valence electrons. The number of anilines is 2. The van der Waals surface area contributed by atoms with Crippen LogP contribution >= 0.6 is 0 Å². The fourth-order valence-electron chi connectivity index (χ4n) is 3.46. The van der Waals surface area contributed by atoms with Crippen molar-refractivity contribution in [3.63, 3.8) is 0 Å². The maximum Gasteiger partial charge on any atom is 0.418 e. The number of rotatable bonds is 6. The number of nitrogens with zero attached hydrogens (tertiary/aromatic N) is 3. The van der Waals surface area contributed by atoms with Crippen LogP contribution in [0.15, 0.2) is 60.8 Å². The predicted molar refractivity (Wildman–Crippen MR) is 117 cm³/mol. The summed E-state index contributed by atoms with van der Waals surface area (Å²) >= 11 is 0. The molecular formula is C24H16F6N4O. The largest absolute Gasteiger partial charge is 0.418 e. The van der Waals surface area contributed by atoms with Crippen LogP contribution in [0.1, 0.15) is 23.4 Å². The summed E-state index contributed by atoms with van der Waals surface area (Å²) in [6.07, 6.45) is -6.89. The first kappa shape index (κ1) is 24.1. The van der Waals surface area contributed by atoms with Gasteiger partial charge in [0.1, 0.15) is 17.9 Å². The van der Waals surface area contributed by atoms with E-state index in [9.17, 15) is 31.1 Å². The van der Waals surface area contributed by atoms with E-state index in [4.69, 9.17) is 0 Å². The molecule has 0 saturated carbocycles. The van der Waals surface area contributed by atoms with Gasteiger partial charge in [0.05, 0.1) is 22.3 Å². The lowest BCUT2D eigenvalue weighted by Crippen LogP contribution is -2.08. The summed E-state index contributed by atoms with van der Waals surface area (Å²) in [7, 11) is 0. The van der Waals surface area contributed by atoms with Crippen molar-refractivity contribution in [2.24, 2.45) is 0 Å². The zero-order chi connectivity index (χ0) is 25.2. The van der Waals surface area contributed by atoms with Crippen molar-refractivity contribution in [2.75, 3.05) is 5.32 Å². The summed E-state index contributed by atoms with van der Waals surface area (Å²) in [6, 6.07) is 10.8. The van der Waals surface area contributed by atoms with E-state index in [1.54, 1.807) is 0 Å². The van der Waals surface area contributed by atoms with Gasteiger partial charge in [-0.2, -0.15) is 26.3 Å². The van der Waals surface area contributed by atoms with E-state index in [0.29, 0.717) is 17.4 Å². The molecule has 2 aromatic heterocycles. The number of nitrogens with one attached hydrogen (secondary N) is 1. The molecule has 0 amide bonds. The van der Waals surface area contributed by atoms with Gasteiger partial charge in [-0.25, -0.2) is 9.97 Å². The Morgan fingerprint density at radius 2 is 1.63 bits per heavy atom. The van der Waals surface area contributed by atoms with Crippen LogP contribution in [0.25, 0.3) is 22.2 Å².